The van der Waals surface area contributed by atoms with Crippen molar-refractivity contribution in [2.75, 3.05) is 5.75 Å². The summed E-state index contributed by atoms with van der Waals surface area (Å²) < 4.78 is 0. The minimum Gasteiger partial charge on any atom is -0.307 e. The predicted molar refractivity (Wildman–Crippen MR) is 61.2 cm³/mol. The molecule has 0 bridgehead atoms. The van der Waals surface area contributed by atoms with Crippen LogP contribution in [-0.4, -0.2) is 11.3 Å². The number of hydrogen-bond acceptors (Lipinski definition) is 2. The minimum absolute atomic E-state index is 0.110. The molecule has 0 spiro atoms. The Morgan fingerprint density at radius 2 is 1.85 bits per heavy atom. The molecule has 0 saturated carbocycles. The SMILES string of the molecule is CC(C)(CS)NCc1ccccc1. The summed E-state index contributed by atoms with van der Waals surface area (Å²) in [6.45, 7) is 5.22. The van der Waals surface area contributed by atoms with Gasteiger partial charge in [0.25, 0.3) is 0 Å². The van der Waals surface area contributed by atoms with E-state index in [2.05, 4.69) is 56.1 Å². The van der Waals surface area contributed by atoms with Crippen molar-refractivity contribution in [1.29, 1.82) is 0 Å². The summed E-state index contributed by atoms with van der Waals surface area (Å²) in [6.07, 6.45) is 0. The Hall–Kier alpha value is -0.470. The van der Waals surface area contributed by atoms with Gasteiger partial charge in [-0.1, -0.05) is 30.3 Å². The van der Waals surface area contributed by atoms with Crippen LogP contribution < -0.4 is 5.32 Å². The average Bonchev–Trinajstić information content (AvgIpc) is 2.17. The highest BCUT2D eigenvalue weighted by atomic mass is 32.1. The van der Waals surface area contributed by atoms with Crippen LogP contribution in [0.1, 0.15) is 19.4 Å². The minimum atomic E-state index is 0.110. The van der Waals surface area contributed by atoms with Crippen molar-refractivity contribution in [3.63, 3.8) is 0 Å². The van der Waals surface area contributed by atoms with Crippen LogP contribution in [0, 0.1) is 0 Å². The highest BCUT2D eigenvalue weighted by molar-refractivity contribution is 7.80. The van der Waals surface area contributed by atoms with E-state index >= 15 is 0 Å². The lowest BCUT2D eigenvalue weighted by atomic mass is 10.1. The van der Waals surface area contributed by atoms with Crippen molar-refractivity contribution < 1.29 is 0 Å². The zero-order valence-electron chi connectivity index (χ0n) is 8.25. The molecule has 1 nitrogen and oxygen atoms in total. The first-order valence-corrected chi connectivity index (χ1v) is 5.17. The van der Waals surface area contributed by atoms with Crippen LogP contribution in [0.4, 0.5) is 0 Å². The monoisotopic (exact) mass is 195 g/mol. The fraction of sp³-hybridized carbons (Fsp3) is 0.455. The van der Waals surface area contributed by atoms with E-state index in [0.29, 0.717) is 0 Å². The van der Waals surface area contributed by atoms with Gasteiger partial charge in [-0.25, -0.2) is 0 Å². The molecule has 0 aliphatic carbocycles. The third-order valence-electron chi connectivity index (χ3n) is 2.01. The predicted octanol–water partition coefficient (Wildman–Crippen LogP) is 2.48. The van der Waals surface area contributed by atoms with Crippen molar-refractivity contribution >= 4 is 12.6 Å². The molecule has 0 saturated heterocycles. The molecule has 1 rings (SSSR count). The molecule has 1 aromatic carbocycles. The molecule has 0 atom stereocenters. The summed E-state index contributed by atoms with van der Waals surface area (Å²) in [5.41, 5.74) is 1.43. The first kappa shape index (κ1) is 10.6. The first-order valence-electron chi connectivity index (χ1n) is 4.54. The van der Waals surface area contributed by atoms with E-state index in [1.54, 1.807) is 0 Å². The Balaban J connectivity index is 2.44. The maximum Gasteiger partial charge on any atom is 0.0216 e. The lowest BCUT2D eigenvalue weighted by Gasteiger charge is -2.23. The summed E-state index contributed by atoms with van der Waals surface area (Å²) in [5, 5.41) is 3.45. The molecule has 0 aromatic heterocycles. The zero-order valence-corrected chi connectivity index (χ0v) is 9.14. The summed E-state index contributed by atoms with van der Waals surface area (Å²) in [6, 6.07) is 10.4. The summed E-state index contributed by atoms with van der Waals surface area (Å²) >= 11 is 4.29. The van der Waals surface area contributed by atoms with Gasteiger partial charge in [0.1, 0.15) is 0 Å². The van der Waals surface area contributed by atoms with Gasteiger partial charge in [0.15, 0.2) is 0 Å². The number of benzene rings is 1. The Morgan fingerprint density at radius 1 is 1.23 bits per heavy atom. The Morgan fingerprint density at radius 3 is 2.38 bits per heavy atom. The molecule has 0 unspecified atom stereocenters. The Bertz CT molecular complexity index is 244. The fourth-order valence-corrected chi connectivity index (χ4v) is 1.10. The van der Waals surface area contributed by atoms with E-state index in [1.807, 2.05) is 6.07 Å². The van der Waals surface area contributed by atoms with Crippen molar-refractivity contribution in [3.8, 4) is 0 Å². The molecule has 0 amide bonds. The van der Waals surface area contributed by atoms with Gasteiger partial charge in [-0.05, 0) is 19.4 Å². The molecule has 0 aliphatic heterocycles. The van der Waals surface area contributed by atoms with Crippen molar-refractivity contribution in [1.82, 2.24) is 5.32 Å². The highest BCUT2D eigenvalue weighted by Crippen LogP contribution is 2.06. The Labute approximate surface area is 86.0 Å². The molecule has 0 heterocycles. The molecule has 1 aromatic rings. The van der Waals surface area contributed by atoms with E-state index < -0.39 is 0 Å². The van der Waals surface area contributed by atoms with Crippen LogP contribution in [0.15, 0.2) is 30.3 Å². The van der Waals surface area contributed by atoms with Crippen LogP contribution in [0.2, 0.25) is 0 Å². The number of hydrogen-bond donors (Lipinski definition) is 2. The van der Waals surface area contributed by atoms with Crippen LogP contribution in [-0.2, 0) is 6.54 Å². The molecular formula is C11H17NS. The lowest BCUT2D eigenvalue weighted by Crippen LogP contribution is -2.40. The third-order valence-corrected chi connectivity index (χ3v) is 2.80. The molecule has 0 radical (unpaired) electrons. The smallest absolute Gasteiger partial charge is 0.0216 e. The van der Waals surface area contributed by atoms with Crippen LogP contribution in [0.5, 0.6) is 0 Å². The number of thiol groups is 1. The molecule has 0 aliphatic rings. The van der Waals surface area contributed by atoms with Gasteiger partial charge in [0, 0.05) is 17.8 Å². The number of rotatable bonds is 4. The van der Waals surface area contributed by atoms with Crippen LogP contribution in [0.3, 0.4) is 0 Å². The van der Waals surface area contributed by atoms with E-state index in [0.717, 1.165) is 12.3 Å². The zero-order chi connectivity index (χ0) is 9.73. The van der Waals surface area contributed by atoms with E-state index in [4.69, 9.17) is 0 Å². The van der Waals surface area contributed by atoms with Gasteiger partial charge in [0.05, 0.1) is 0 Å². The van der Waals surface area contributed by atoms with E-state index in [1.165, 1.54) is 5.56 Å². The second-order valence-electron chi connectivity index (χ2n) is 3.88. The summed E-state index contributed by atoms with van der Waals surface area (Å²) in [4.78, 5) is 0. The standard InChI is InChI=1S/C11H17NS/c1-11(2,9-13)12-8-10-6-4-3-5-7-10/h3-7,12-13H,8-9H2,1-2H3. The third kappa shape index (κ3) is 3.83. The van der Waals surface area contributed by atoms with Gasteiger partial charge < -0.3 is 5.32 Å². The van der Waals surface area contributed by atoms with Crippen LogP contribution in [0.25, 0.3) is 0 Å². The normalized spacial score (nSPS) is 11.6. The topological polar surface area (TPSA) is 12.0 Å². The van der Waals surface area contributed by atoms with Gasteiger partial charge in [-0.2, -0.15) is 12.6 Å². The average molecular weight is 195 g/mol. The molecule has 72 valence electrons. The van der Waals surface area contributed by atoms with E-state index in [9.17, 15) is 0 Å². The molecule has 0 fully saturated rings. The van der Waals surface area contributed by atoms with Gasteiger partial charge in [-0.15, -0.1) is 0 Å². The van der Waals surface area contributed by atoms with Crippen LogP contribution >= 0.6 is 12.6 Å². The summed E-state index contributed by atoms with van der Waals surface area (Å²) in [7, 11) is 0. The quantitative estimate of drug-likeness (QED) is 0.703. The number of nitrogens with one attached hydrogen (secondary N) is 1. The molecular weight excluding hydrogens is 178 g/mol. The van der Waals surface area contributed by atoms with Gasteiger partial charge in [0.2, 0.25) is 0 Å². The molecule has 1 N–H and O–H groups in total. The lowest BCUT2D eigenvalue weighted by molar-refractivity contribution is 0.433. The van der Waals surface area contributed by atoms with E-state index in [-0.39, 0.29) is 5.54 Å². The fourth-order valence-electron chi connectivity index (χ4n) is 0.993. The largest absolute Gasteiger partial charge is 0.307 e. The highest BCUT2D eigenvalue weighted by Gasteiger charge is 2.13. The molecule has 2 heteroatoms. The van der Waals surface area contributed by atoms with Crippen molar-refractivity contribution in [2.24, 2.45) is 0 Å². The van der Waals surface area contributed by atoms with Gasteiger partial charge in [-0.3, -0.25) is 0 Å². The van der Waals surface area contributed by atoms with Crippen molar-refractivity contribution in [2.45, 2.75) is 25.9 Å². The summed E-state index contributed by atoms with van der Waals surface area (Å²) in [5.74, 6) is 0.847. The Kier molecular flexibility index (Phi) is 3.82. The van der Waals surface area contributed by atoms with Crippen molar-refractivity contribution in [3.05, 3.63) is 35.9 Å². The first-order chi connectivity index (χ1) is 6.14. The maximum absolute atomic E-state index is 4.29. The second-order valence-corrected chi connectivity index (χ2v) is 4.20. The molecule has 13 heavy (non-hydrogen) atoms. The van der Waals surface area contributed by atoms with Gasteiger partial charge >= 0.3 is 0 Å². The second kappa shape index (κ2) is 4.68. The maximum atomic E-state index is 4.29.